The Balaban J connectivity index is 1.48. The molecule has 1 heterocycles. The summed E-state index contributed by atoms with van der Waals surface area (Å²) in [6, 6.07) is 19.1. The molecule has 26 heavy (non-hydrogen) atoms. The highest BCUT2D eigenvalue weighted by Gasteiger charge is 2.22. The fourth-order valence-corrected chi connectivity index (χ4v) is 3.03. The van der Waals surface area contributed by atoms with Gasteiger partial charge in [0.25, 0.3) is 5.91 Å². The van der Waals surface area contributed by atoms with Gasteiger partial charge in [-0.25, -0.2) is 0 Å². The molecule has 3 aromatic rings. The maximum absolute atomic E-state index is 12.7. The van der Waals surface area contributed by atoms with E-state index in [0.717, 1.165) is 16.5 Å². The average Bonchev–Trinajstić information content (AvgIpc) is 2.70. The fraction of sp³-hybridized carbons (Fsp3) is 0.190. The lowest BCUT2D eigenvalue weighted by atomic mass is 10.1. The summed E-state index contributed by atoms with van der Waals surface area (Å²) in [4.78, 5) is 12.7. The van der Waals surface area contributed by atoms with Crippen LogP contribution in [0.2, 0.25) is 0 Å². The van der Waals surface area contributed by atoms with Crippen LogP contribution in [0.5, 0.6) is 17.2 Å². The molecule has 1 atom stereocenters. The minimum Gasteiger partial charge on any atom is -0.496 e. The standard InChI is InChI=1S/C21H19NO4/c1-24-20-11-15-7-3-2-6-14(15)10-17(20)21(23)22-12-16-13-25-18-8-4-5-9-19(18)26-16/h2-11,16H,12-13H2,1H3,(H,22,23)/t16-/m0/s1. The number of carbonyl (C=O) groups is 1. The van der Waals surface area contributed by atoms with Gasteiger partial charge in [0.05, 0.1) is 19.2 Å². The molecular formula is C21H19NO4. The zero-order valence-electron chi connectivity index (χ0n) is 14.4. The van der Waals surface area contributed by atoms with Gasteiger partial charge in [0, 0.05) is 0 Å². The highest BCUT2D eigenvalue weighted by molar-refractivity contribution is 6.01. The van der Waals surface area contributed by atoms with Gasteiger partial charge in [-0.1, -0.05) is 36.4 Å². The van der Waals surface area contributed by atoms with Crippen LogP contribution in [0.25, 0.3) is 10.8 Å². The van der Waals surface area contributed by atoms with Gasteiger partial charge >= 0.3 is 0 Å². The maximum Gasteiger partial charge on any atom is 0.255 e. The summed E-state index contributed by atoms with van der Waals surface area (Å²) in [5.74, 6) is 1.77. The van der Waals surface area contributed by atoms with Gasteiger partial charge in [0.15, 0.2) is 11.5 Å². The number of nitrogens with one attached hydrogen (secondary N) is 1. The summed E-state index contributed by atoms with van der Waals surface area (Å²) in [7, 11) is 1.57. The second kappa shape index (κ2) is 6.96. The Hall–Kier alpha value is -3.21. The normalized spacial score (nSPS) is 15.5. The van der Waals surface area contributed by atoms with Crippen molar-refractivity contribution in [2.45, 2.75) is 6.10 Å². The third-order valence-corrected chi connectivity index (χ3v) is 4.37. The number of methoxy groups -OCH3 is 1. The highest BCUT2D eigenvalue weighted by Crippen LogP contribution is 2.31. The Kier molecular flexibility index (Phi) is 4.35. The van der Waals surface area contributed by atoms with Crippen LogP contribution in [0.4, 0.5) is 0 Å². The van der Waals surface area contributed by atoms with Crippen LogP contribution in [0.15, 0.2) is 60.7 Å². The van der Waals surface area contributed by atoms with Crippen LogP contribution in [-0.4, -0.2) is 32.3 Å². The van der Waals surface area contributed by atoms with Crippen LogP contribution in [0, 0.1) is 0 Å². The molecule has 0 saturated heterocycles. The Labute approximate surface area is 151 Å². The van der Waals surface area contributed by atoms with E-state index in [1.807, 2.05) is 60.7 Å². The van der Waals surface area contributed by atoms with Crippen molar-refractivity contribution < 1.29 is 19.0 Å². The smallest absolute Gasteiger partial charge is 0.255 e. The fourth-order valence-electron chi connectivity index (χ4n) is 3.03. The van der Waals surface area contributed by atoms with Crippen molar-refractivity contribution in [3.05, 3.63) is 66.2 Å². The molecule has 5 nitrogen and oxygen atoms in total. The largest absolute Gasteiger partial charge is 0.496 e. The number of hydrogen-bond donors (Lipinski definition) is 1. The van der Waals surface area contributed by atoms with E-state index in [9.17, 15) is 4.79 Å². The summed E-state index contributed by atoms with van der Waals surface area (Å²) in [6.07, 6.45) is -0.236. The van der Waals surface area contributed by atoms with Crippen LogP contribution in [0.3, 0.4) is 0 Å². The Morgan fingerprint density at radius 1 is 1.08 bits per heavy atom. The third kappa shape index (κ3) is 3.16. The molecule has 0 aromatic heterocycles. The first kappa shape index (κ1) is 16.3. The molecule has 1 aliphatic rings. The number of hydrogen-bond acceptors (Lipinski definition) is 4. The van der Waals surface area contributed by atoms with E-state index < -0.39 is 0 Å². The lowest BCUT2D eigenvalue weighted by Gasteiger charge is -2.26. The van der Waals surface area contributed by atoms with Gasteiger partial charge in [-0.15, -0.1) is 0 Å². The van der Waals surface area contributed by atoms with Crippen LogP contribution in [0.1, 0.15) is 10.4 Å². The number of para-hydroxylation sites is 2. The summed E-state index contributed by atoms with van der Waals surface area (Å²) >= 11 is 0. The lowest BCUT2D eigenvalue weighted by molar-refractivity contribution is 0.0787. The first-order valence-corrected chi connectivity index (χ1v) is 8.48. The Bertz CT molecular complexity index is 954. The van der Waals surface area contributed by atoms with Crippen molar-refractivity contribution in [2.75, 3.05) is 20.3 Å². The monoisotopic (exact) mass is 349 g/mol. The second-order valence-electron chi connectivity index (χ2n) is 6.11. The summed E-state index contributed by atoms with van der Waals surface area (Å²) in [5.41, 5.74) is 0.503. The second-order valence-corrected chi connectivity index (χ2v) is 6.11. The molecule has 132 valence electrons. The van der Waals surface area contributed by atoms with E-state index in [0.29, 0.717) is 30.2 Å². The molecule has 0 bridgehead atoms. The third-order valence-electron chi connectivity index (χ3n) is 4.37. The van der Waals surface area contributed by atoms with E-state index in [2.05, 4.69) is 5.32 Å². The zero-order valence-corrected chi connectivity index (χ0v) is 14.4. The molecule has 0 saturated carbocycles. The predicted octanol–water partition coefficient (Wildman–Crippen LogP) is 3.42. The topological polar surface area (TPSA) is 56.8 Å². The number of carbonyl (C=O) groups excluding carboxylic acids is 1. The van der Waals surface area contributed by atoms with Gasteiger partial charge in [-0.2, -0.15) is 0 Å². The molecule has 3 aromatic carbocycles. The minimum atomic E-state index is -0.236. The Morgan fingerprint density at radius 2 is 1.77 bits per heavy atom. The quantitative estimate of drug-likeness (QED) is 0.784. The summed E-state index contributed by atoms with van der Waals surface area (Å²) < 4.78 is 16.9. The number of ether oxygens (including phenoxy) is 3. The number of fused-ring (bicyclic) bond motifs is 2. The SMILES string of the molecule is COc1cc2ccccc2cc1C(=O)NC[C@H]1COc2ccccc2O1. The van der Waals surface area contributed by atoms with Gasteiger partial charge < -0.3 is 19.5 Å². The molecule has 1 aliphatic heterocycles. The number of benzene rings is 3. The predicted molar refractivity (Wildman–Crippen MR) is 99.2 cm³/mol. The first-order chi connectivity index (χ1) is 12.7. The van der Waals surface area contributed by atoms with Crippen molar-refractivity contribution >= 4 is 16.7 Å². The van der Waals surface area contributed by atoms with Gasteiger partial charge in [0.1, 0.15) is 18.5 Å². The molecular weight excluding hydrogens is 330 g/mol. The van der Waals surface area contributed by atoms with Gasteiger partial charge in [-0.3, -0.25) is 4.79 Å². The highest BCUT2D eigenvalue weighted by atomic mass is 16.6. The van der Waals surface area contributed by atoms with E-state index in [1.54, 1.807) is 7.11 Å². The first-order valence-electron chi connectivity index (χ1n) is 8.48. The van der Waals surface area contributed by atoms with Crippen molar-refractivity contribution in [1.29, 1.82) is 0 Å². The zero-order chi connectivity index (χ0) is 17.9. The van der Waals surface area contributed by atoms with Crippen molar-refractivity contribution in [1.82, 2.24) is 5.32 Å². The Morgan fingerprint density at radius 3 is 2.54 bits per heavy atom. The molecule has 0 unspecified atom stereocenters. The number of amides is 1. The van der Waals surface area contributed by atoms with Gasteiger partial charge in [-0.05, 0) is 35.0 Å². The molecule has 1 N–H and O–H groups in total. The average molecular weight is 349 g/mol. The molecule has 4 rings (SSSR count). The molecule has 0 aliphatic carbocycles. The summed E-state index contributed by atoms with van der Waals surface area (Å²) in [6.45, 7) is 0.745. The van der Waals surface area contributed by atoms with Crippen molar-refractivity contribution in [3.63, 3.8) is 0 Å². The molecule has 5 heteroatoms. The van der Waals surface area contributed by atoms with Crippen LogP contribution >= 0.6 is 0 Å². The molecule has 0 fully saturated rings. The van der Waals surface area contributed by atoms with Gasteiger partial charge in [0.2, 0.25) is 0 Å². The maximum atomic E-state index is 12.7. The van der Waals surface area contributed by atoms with E-state index in [-0.39, 0.29) is 12.0 Å². The minimum absolute atomic E-state index is 0.199. The molecule has 0 spiro atoms. The lowest BCUT2D eigenvalue weighted by Crippen LogP contribution is -2.40. The molecule has 0 radical (unpaired) electrons. The van der Waals surface area contributed by atoms with Crippen LogP contribution < -0.4 is 19.5 Å². The van der Waals surface area contributed by atoms with Crippen molar-refractivity contribution in [3.8, 4) is 17.2 Å². The number of rotatable bonds is 4. The van der Waals surface area contributed by atoms with E-state index in [4.69, 9.17) is 14.2 Å². The van der Waals surface area contributed by atoms with E-state index >= 15 is 0 Å². The van der Waals surface area contributed by atoms with E-state index in [1.165, 1.54) is 0 Å². The molecule has 1 amide bonds. The van der Waals surface area contributed by atoms with Crippen LogP contribution in [-0.2, 0) is 0 Å². The summed E-state index contributed by atoms with van der Waals surface area (Å²) in [5, 5.41) is 4.93. The van der Waals surface area contributed by atoms with Crippen molar-refractivity contribution in [2.24, 2.45) is 0 Å².